The molecule has 0 spiro atoms. The number of aliphatic imine (C=N–C) groups is 1. The molecule has 1 atom stereocenters. The van der Waals surface area contributed by atoms with Gasteiger partial charge in [0, 0.05) is 27.2 Å². The van der Waals surface area contributed by atoms with Crippen LogP contribution in [0.1, 0.15) is 36.7 Å². The SMILES string of the molecule is CN=C(NCCCOC(C)c1ccccc1)NCc1nnc(C)n1C.I. The van der Waals surface area contributed by atoms with E-state index in [1.54, 1.807) is 7.05 Å². The number of hydrogen-bond acceptors (Lipinski definition) is 4. The Morgan fingerprint density at radius 2 is 1.96 bits per heavy atom. The number of hydrogen-bond donors (Lipinski definition) is 2. The van der Waals surface area contributed by atoms with Crippen LogP contribution in [0.4, 0.5) is 0 Å². The van der Waals surface area contributed by atoms with Crippen molar-refractivity contribution in [2.75, 3.05) is 20.2 Å². The van der Waals surface area contributed by atoms with Gasteiger partial charge in [0.15, 0.2) is 11.8 Å². The summed E-state index contributed by atoms with van der Waals surface area (Å²) in [5.74, 6) is 2.52. The molecule has 0 radical (unpaired) electrons. The van der Waals surface area contributed by atoms with Gasteiger partial charge in [0.25, 0.3) is 0 Å². The summed E-state index contributed by atoms with van der Waals surface area (Å²) in [6.07, 6.45) is 1.01. The Morgan fingerprint density at radius 3 is 2.58 bits per heavy atom. The van der Waals surface area contributed by atoms with Crippen LogP contribution in [-0.2, 0) is 18.3 Å². The van der Waals surface area contributed by atoms with Crippen LogP contribution in [0.5, 0.6) is 0 Å². The summed E-state index contributed by atoms with van der Waals surface area (Å²) in [5.41, 5.74) is 1.20. The first-order chi connectivity index (χ1) is 12.1. The van der Waals surface area contributed by atoms with E-state index in [-0.39, 0.29) is 30.1 Å². The lowest BCUT2D eigenvalue weighted by Crippen LogP contribution is -2.38. The van der Waals surface area contributed by atoms with Crippen molar-refractivity contribution < 1.29 is 4.74 Å². The van der Waals surface area contributed by atoms with Crippen LogP contribution >= 0.6 is 24.0 Å². The first kappa shape index (κ1) is 22.4. The maximum Gasteiger partial charge on any atom is 0.191 e. The van der Waals surface area contributed by atoms with Crippen LogP contribution in [0.2, 0.25) is 0 Å². The average molecular weight is 472 g/mol. The quantitative estimate of drug-likeness (QED) is 0.267. The molecule has 0 aliphatic carbocycles. The Hall–Kier alpha value is -1.68. The molecule has 8 heteroatoms. The van der Waals surface area contributed by atoms with Crippen LogP contribution in [-0.4, -0.2) is 40.9 Å². The number of guanidine groups is 1. The normalized spacial score (nSPS) is 12.4. The van der Waals surface area contributed by atoms with Crippen LogP contribution in [0.15, 0.2) is 35.3 Å². The summed E-state index contributed by atoms with van der Waals surface area (Å²) < 4.78 is 7.83. The molecular formula is C18H29IN6O. The number of aromatic nitrogens is 3. The molecule has 26 heavy (non-hydrogen) atoms. The molecule has 0 saturated heterocycles. The molecule has 144 valence electrons. The molecule has 7 nitrogen and oxygen atoms in total. The molecule has 0 saturated carbocycles. The van der Waals surface area contributed by atoms with Crippen LogP contribution < -0.4 is 10.6 Å². The number of ether oxygens (including phenoxy) is 1. The standard InChI is InChI=1S/C18H28N6O.HI/c1-14(16-9-6-5-7-10-16)25-12-8-11-20-18(19-3)21-13-17-23-22-15(2)24(17)4;/h5-7,9-10,14H,8,11-13H2,1-4H3,(H2,19,20,21);1H. The first-order valence-electron chi connectivity index (χ1n) is 8.57. The number of nitrogens with one attached hydrogen (secondary N) is 2. The molecule has 1 unspecified atom stereocenters. The molecule has 0 aliphatic rings. The molecule has 0 fully saturated rings. The van der Waals surface area contributed by atoms with Gasteiger partial charge in [-0.15, -0.1) is 34.2 Å². The molecule has 2 N–H and O–H groups in total. The van der Waals surface area contributed by atoms with Gasteiger partial charge >= 0.3 is 0 Å². The van der Waals surface area contributed by atoms with Gasteiger partial charge in [-0.2, -0.15) is 0 Å². The Labute approximate surface area is 172 Å². The Bertz CT molecular complexity index is 674. The van der Waals surface area contributed by atoms with Crippen molar-refractivity contribution in [1.29, 1.82) is 0 Å². The van der Waals surface area contributed by atoms with E-state index < -0.39 is 0 Å². The Morgan fingerprint density at radius 1 is 1.23 bits per heavy atom. The van der Waals surface area contributed by atoms with Crippen molar-refractivity contribution in [3.63, 3.8) is 0 Å². The van der Waals surface area contributed by atoms with Gasteiger partial charge in [0.1, 0.15) is 5.82 Å². The predicted octanol–water partition coefficient (Wildman–Crippen LogP) is 2.57. The van der Waals surface area contributed by atoms with Crippen molar-refractivity contribution in [1.82, 2.24) is 25.4 Å². The lowest BCUT2D eigenvalue weighted by Gasteiger charge is -2.14. The summed E-state index contributed by atoms with van der Waals surface area (Å²) in [6, 6.07) is 10.3. The van der Waals surface area contributed by atoms with E-state index in [4.69, 9.17) is 4.74 Å². The molecule has 1 aromatic carbocycles. The minimum absolute atomic E-state index is 0. The maximum absolute atomic E-state index is 5.87. The van der Waals surface area contributed by atoms with Crippen molar-refractivity contribution in [3.05, 3.63) is 47.5 Å². The Kier molecular flexibility index (Phi) is 10.2. The van der Waals surface area contributed by atoms with Crippen molar-refractivity contribution in [2.24, 2.45) is 12.0 Å². The minimum Gasteiger partial charge on any atom is -0.374 e. The number of rotatable bonds is 8. The van der Waals surface area contributed by atoms with E-state index in [1.807, 2.05) is 36.7 Å². The lowest BCUT2D eigenvalue weighted by molar-refractivity contribution is 0.0646. The fourth-order valence-electron chi connectivity index (χ4n) is 2.35. The maximum atomic E-state index is 5.87. The van der Waals surface area contributed by atoms with E-state index in [0.717, 1.165) is 30.6 Å². The van der Waals surface area contributed by atoms with Gasteiger partial charge in [-0.05, 0) is 25.8 Å². The first-order valence-corrected chi connectivity index (χ1v) is 8.57. The fourth-order valence-corrected chi connectivity index (χ4v) is 2.35. The van der Waals surface area contributed by atoms with Gasteiger partial charge in [0.2, 0.25) is 0 Å². The molecule has 0 bridgehead atoms. The van der Waals surface area contributed by atoms with Crippen LogP contribution in [0, 0.1) is 6.92 Å². The minimum atomic E-state index is 0. The van der Waals surface area contributed by atoms with Crippen LogP contribution in [0.25, 0.3) is 0 Å². The van der Waals surface area contributed by atoms with Crippen molar-refractivity contribution in [3.8, 4) is 0 Å². The molecule has 2 aromatic rings. The molecule has 0 amide bonds. The number of aryl methyl sites for hydroxylation is 1. The summed E-state index contributed by atoms with van der Waals surface area (Å²) >= 11 is 0. The second kappa shape index (κ2) is 11.8. The topological polar surface area (TPSA) is 76.4 Å². The van der Waals surface area contributed by atoms with Crippen molar-refractivity contribution in [2.45, 2.75) is 32.9 Å². The molecular weight excluding hydrogens is 443 g/mol. The zero-order chi connectivity index (χ0) is 18.1. The monoisotopic (exact) mass is 472 g/mol. The highest BCUT2D eigenvalue weighted by Crippen LogP contribution is 2.15. The van der Waals surface area contributed by atoms with E-state index in [0.29, 0.717) is 13.2 Å². The van der Waals surface area contributed by atoms with Crippen molar-refractivity contribution >= 4 is 29.9 Å². The summed E-state index contributed by atoms with van der Waals surface area (Å²) in [5, 5.41) is 14.7. The van der Waals surface area contributed by atoms with Gasteiger partial charge in [0.05, 0.1) is 12.6 Å². The summed E-state index contributed by atoms with van der Waals surface area (Å²) in [7, 11) is 3.71. The molecule has 2 rings (SSSR count). The number of halogens is 1. The number of benzene rings is 1. The van der Waals surface area contributed by atoms with Gasteiger partial charge < -0.3 is 19.9 Å². The highest BCUT2D eigenvalue weighted by Gasteiger charge is 2.06. The molecule has 1 heterocycles. The zero-order valence-corrected chi connectivity index (χ0v) is 18.2. The second-order valence-electron chi connectivity index (χ2n) is 5.85. The summed E-state index contributed by atoms with van der Waals surface area (Å²) in [6.45, 7) is 6.08. The highest BCUT2D eigenvalue weighted by atomic mass is 127. The third kappa shape index (κ3) is 6.91. The fraction of sp³-hybridized carbons (Fsp3) is 0.500. The highest BCUT2D eigenvalue weighted by molar-refractivity contribution is 14.0. The largest absolute Gasteiger partial charge is 0.374 e. The average Bonchev–Trinajstić information content (AvgIpc) is 2.96. The van der Waals surface area contributed by atoms with Gasteiger partial charge in [-0.1, -0.05) is 30.3 Å². The van der Waals surface area contributed by atoms with Gasteiger partial charge in [-0.25, -0.2) is 0 Å². The molecule has 1 aromatic heterocycles. The van der Waals surface area contributed by atoms with E-state index in [2.05, 4.69) is 44.9 Å². The van der Waals surface area contributed by atoms with E-state index >= 15 is 0 Å². The smallest absolute Gasteiger partial charge is 0.191 e. The van der Waals surface area contributed by atoms with Gasteiger partial charge in [-0.3, -0.25) is 4.99 Å². The van der Waals surface area contributed by atoms with E-state index in [1.165, 1.54) is 5.56 Å². The third-order valence-corrected chi connectivity index (χ3v) is 4.07. The Balaban J connectivity index is 0.00000338. The number of nitrogens with zero attached hydrogens (tertiary/aromatic N) is 4. The molecule has 0 aliphatic heterocycles. The lowest BCUT2D eigenvalue weighted by atomic mass is 10.1. The zero-order valence-electron chi connectivity index (χ0n) is 15.9. The second-order valence-corrected chi connectivity index (χ2v) is 5.85. The van der Waals surface area contributed by atoms with E-state index in [9.17, 15) is 0 Å². The predicted molar refractivity (Wildman–Crippen MR) is 115 cm³/mol. The summed E-state index contributed by atoms with van der Waals surface area (Å²) in [4.78, 5) is 4.22. The van der Waals surface area contributed by atoms with Crippen LogP contribution in [0.3, 0.4) is 0 Å². The third-order valence-electron chi connectivity index (χ3n) is 4.07.